The van der Waals surface area contributed by atoms with Gasteiger partial charge in [0.1, 0.15) is 0 Å². The SMILES string of the molecule is CC(=O)N1c2ccc(S(=O)(=O)N3CCN(C4CCCCC4)CC3)cc2C[C@H]1C. The van der Waals surface area contributed by atoms with Gasteiger partial charge < -0.3 is 4.90 Å². The summed E-state index contributed by atoms with van der Waals surface area (Å²) < 4.78 is 28.0. The molecule has 1 aliphatic carbocycles. The van der Waals surface area contributed by atoms with Gasteiger partial charge in [-0.2, -0.15) is 4.31 Å². The van der Waals surface area contributed by atoms with Crippen LogP contribution in [0, 0.1) is 0 Å². The molecule has 6 nitrogen and oxygen atoms in total. The van der Waals surface area contributed by atoms with E-state index in [1.54, 1.807) is 34.3 Å². The fourth-order valence-electron chi connectivity index (χ4n) is 5.15. The minimum absolute atomic E-state index is 0.000641. The van der Waals surface area contributed by atoms with E-state index in [2.05, 4.69) is 4.90 Å². The van der Waals surface area contributed by atoms with E-state index in [1.165, 1.54) is 32.1 Å². The standard InChI is InChI=1S/C21H31N3O3S/c1-16-14-18-15-20(8-9-21(18)24(16)17(2)25)28(26,27)23-12-10-22(11-13-23)19-6-4-3-5-7-19/h8-9,15-16,19H,3-7,10-14H2,1-2H3/t16-/m1/s1. The Bertz CT molecular complexity index is 840. The number of rotatable bonds is 3. The van der Waals surface area contributed by atoms with Crippen LogP contribution in [0.15, 0.2) is 23.1 Å². The first-order valence-electron chi connectivity index (χ1n) is 10.5. The van der Waals surface area contributed by atoms with Crippen LogP contribution < -0.4 is 4.90 Å². The molecule has 1 saturated heterocycles. The van der Waals surface area contributed by atoms with Gasteiger partial charge in [0.15, 0.2) is 0 Å². The van der Waals surface area contributed by atoms with Gasteiger partial charge in [-0.1, -0.05) is 19.3 Å². The van der Waals surface area contributed by atoms with Crippen LogP contribution in [0.3, 0.4) is 0 Å². The molecule has 4 rings (SSSR count). The molecule has 2 aliphatic heterocycles. The maximum Gasteiger partial charge on any atom is 0.243 e. The maximum absolute atomic E-state index is 13.2. The van der Waals surface area contributed by atoms with Gasteiger partial charge in [0.25, 0.3) is 0 Å². The number of sulfonamides is 1. The highest BCUT2D eigenvalue weighted by molar-refractivity contribution is 7.89. The van der Waals surface area contributed by atoms with Crippen LogP contribution in [0.2, 0.25) is 0 Å². The molecule has 0 radical (unpaired) electrons. The number of nitrogens with zero attached hydrogens (tertiary/aromatic N) is 3. The number of fused-ring (bicyclic) bond motifs is 1. The second-order valence-corrected chi connectivity index (χ2v) is 10.4. The van der Waals surface area contributed by atoms with Gasteiger partial charge in [-0.3, -0.25) is 9.69 Å². The predicted molar refractivity (Wildman–Crippen MR) is 110 cm³/mol. The van der Waals surface area contributed by atoms with Gasteiger partial charge in [0.05, 0.1) is 4.90 Å². The van der Waals surface area contributed by atoms with Gasteiger partial charge in [-0.15, -0.1) is 0 Å². The number of anilines is 1. The lowest BCUT2D eigenvalue weighted by molar-refractivity contribution is -0.116. The zero-order valence-corrected chi connectivity index (χ0v) is 17.7. The first-order chi connectivity index (χ1) is 13.4. The summed E-state index contributed by atoms with van der Waals surface area (Å²) in [6.07, 6.45) is 7.14. The van der Waals surface area contributed by atoms with Crippen molar-refractivity contribution in [2.75, 3.05) is 31.1 Å². The van der Waals surface area contributed by atoms with Crippen LogP contribution in [0.1, 0.15) is 51.5 Å². The average Bonchev–Trinajstić information content (AvgIpc) is 3.04. The van der Waals surface area contributed by atoms with Crippen LogP contribution in [0.4, 0.5) is 5.69 Å². The fourth-order valence-corrected chi connectivity index (χ4v) is 6.63. The van der Waals surface area contributed by atoms with E-state index >= 15 is 0 Å². The molecule has 1 aromatic carbocycles. The Kier molecular flexibility index (Phi) is 5.51. The predicted octanol–water partition coefficient (Wildman–Crippen LogP) is 2.62. The number of amides is 1. The second kappa shape index (κ2) is 7.76. The molecule has 1 atom stereocenters. The fraction of sp³-hybridized carbons (Fsp3) is 0.667. The molecule has 1 aromatic rings. The van der Waals surface area contributed by atoms with E-state index in [9.17, 15) is 13.2 Å². The number of piperazine rings is 1. The van der Waals surface area contributed by atoms with Crippen LogP contribution in [-0.4, -0.2) is 61.8 Å². The lowest BCUT2D eigenvalue weighted by Gasteiger charge is -2.40. The minimum atomic E-state index is -3.49. The van der Waals surface area contributed by atoms with E-state index in [0.717, 1.165) is 24.3 Å². The summed E-state index contributed by atoms with van der Waals surface area (Å²) in [5, 5.41) is 0. The van der Waals surface area contributed by atoms with Crippen molar-refractivity contribution in [2.45, 2.75) is 69.4 Å². The van der Waals surface area contributed by atoms with E-state index < -0.39 is 10.0 Å². The molecule has 0 bridgehead atoms. The molecule has 28 heavy (non-hydrogen) atoms. The largest absolute Gasteiger partial charge is 0.309 e. The Morgan fingerprint density at radius 1 is 1.04 bits per heavy atom. The van der Waals surface area contributed by atoms with Crippen molar-refractivity contribution >= 4 is 21.6 Å². The molecular formula is C21H31N3O3S. The molecular weight excluding hydrogens is 374 g/mol. The van der Waals surface area contributed by atoms with Gasteiger partial charge in [0, 0.05) is 50.9 Å². The summed E-state index contributed by atoms with van der Waals surface area (Å²) >= 11 is 0. The number of carbonyl (C=O) groups is 1. The highest BCUT2D eigenvalue weighted by Gasteiger charge is 2.34. The third kappa shape index (κ3) is 3.60. The van der Waals surface area contributed by atoms with Crippen molar-refractivity contribution in [3.63, 3.8) is 0 Å². The number of carbonyl (C=O) groups excluding carboxylic acids is 1. The normalized spacial score (nSPS) is 25.1. The molecule has 1 saturated carbocycles. The Labute approximate surface area is 168 Å². The van der Waals surface area contributed by atoms with E-state index in [0.29, 0.717) is 30.4 Å². The van der Waals surface area contributed by atoms with E-state index in [1.807, 2.05) is 6.92 Å². The molecule has 7 heteroatoms. The van der Waals surface area contributed by atoms with Gasteiger partial charge in [0.2, 0.25) is 15.9 Å². The number of benzene rings is 1. The summed E-state index contributed by atoms with van der Waals surface area (Å²) in [6.45, 7) is 6.33. The van der Waals surface area contributed by atoms with Crippen LogP contribution in [-0.2, 0) is 21.2 Å². The van der Waals surface area contributed by atoms with Crippen LogP contribution >= 0.6 is 0 Å². The Morgan fingerprint density at radius 3 is 2.36 bits per heavy atom. The highest BCUT2D eigenvalue weighted by atomic mass is 32.2. The van der Waals surface area contributed by atoms with E-state index in [4.69, 9.17) is 0 Å². The second-order valence-electron chi connectivity index (χ2n) is 8.46. The number of hydrogen-bond donors (Lipinski definition) is 0. The Morgan fingerprint density at radius 2 is 1.71 bits per heavy atom. The summed E-state index contributed by atoms with van der Waals surface area (Å²) in [5.74, 6) is 0.000641. The minimum Gasteiger partial charge on any atom is -0.309 e. The number of hydrogen-bond acceptors (Lipinski definition) is 4. The van der Waals surface area contributed by atoms with Crippen molar-refractivity contribution in [1.29, 1.82) is 0 Å². The van der Waals surface area contributed by atoms with Crippen molar-refractivity contribution in [2.24, 2.45) is 0 Å². The summed E-state index contributed by atoms with van der Waals surface area (Å²) in [7, 11) is -3.49. The first kappa shape index (κ1) is 19.9. The highest BCUT2D eigenvalue weighted by Crippen LogP contribution is 2.34. The van der Waals surface area contributed by atoms with E-state index in [-0.39, 0.29) is 11.9 Å². The quantitative estimate of drug-likeness (QED) is 0.776. The molecule has 3 aliphatic rings. The smallest absolute Gasteiger partial charge is 0.243 e. The molecule has 1 amide bonds. The Balaban J connectivity index is 1.48. The Hall–Kier alpha value is -1.44. The topological polar surface area (TPSA) is 60.9 Å². The third-order valence-corrected chi connectivity index (χ3v) is 8.50. The molecule has 0 N–H and O–H groups in total. The lowest BCUT2D eigenvalue weighted by atomic mass is 9.94. The average molecular weight is 406 g/mol. The summed E-state index contributed by atoms with van der Waals surface area (Å²) in [5.41, 5.74) is 1.80. The maximum atomic E-state index is 13.2. The molecule has 0 aromatic heterocycles. The first-order valence-corrected chi connectivity index (χ1v) is 12.0. The summed E-state index contributed by atoms with van der Waals surface area (Å²) in [4.78, 5) is 16.5. The van der Waals surface area contributed by atoms with Gasteiger partial charge >= 0.3 is 0 Å². The van der Waals surface area contributed by atoms with Gasteiger partial charge in [-0.25, -0.2) is 8.42 Å². The zero-order chi connectivity index (χ0) is 19.9. The van der Waals surface area contributed by atoms with Crippen molar-refractivity contribution in [3.8, 4) is 0 Å². The molecule has 154 valence electrons. The summed E-state index contributed by atoms with van der Waals surface area (Å²) in [6, 6.07) is 5.95. The zero-order valence-electron chi connectivity index (χ0n) is 16.9. The third-order valence-electron chi connectivity index (χ3n) is 6.61. The van der Waals surface area contributed by atoms with Crippen LogP contribution in [0.25, 0.3) is 0 Å². The molecule has 0 unspecified atom stereocenters. The lowest BCUT2D eigenvalue weighted by Crippen LogP contribution is -2.52. The molecule has 0 spiro atoms. The monoisotopic (exact) mass is 405 g/mol. The van der Waals surface area contributed by atoms with Crippen molar-refractivity contribution in [1.82, 2.24) is 9.21 Å². The molecule has 2 heterocycles. The van der Waals surface area contributed by atoms with Gasteiger partial charge in [-0.05, 0) is 49.9 Å². The molecule has 2 fully saturated rings. The van der Waals surface area contributed by atoms with Crippen LogP contribution in [0.5, 0.6) is 0 Å². The van der Waals surface area contributed by atoms with Crippen molar-refractivity contribution < 1.29 is 13.2 Å². The van der Waals surface area contributed by atoms with Crippen molar-refractivity contribution in [3.05, 3.63) is 23.8 Å².